The molecule has 1 aromatic rings. The molecule has 0 amide bonds. The summed E-state index contributed by atoms with van der Waals surface area (Å²) >= 11 is 0. The Balaban J connectivity index is 1.72. The number of benzene rings is 1. The number of aliphatic hydroxyl groups is 1. The molecule has 1 saturated heterocycles. The van der Waals surface area contributed by atoms with Gasteiger partial charge in [-0.3, -0.25) is 0 Å². The molecule has 0 radical (unpaired) electrons. The van der Waals surface area contributed by atoms with Crippen molar-refractivity contribution in [2.75, 3.05) is 6.61 Å². The second-order valence-corrected chi connectivity index (χ2v) is 5.05. The van der Waals surface area contributed by atoms with E-state index in [2.05, 4.69) is 0 Å². The molecule has 1 heterocycles. The fraction of sp³-hybridized carbons (Fsp3) is 0.600. The van der Waals surface area contributed by atoms with E-state index in [1.54, 1.807) is 6.07 Å². The molecule has 0 saturated carbocycles. The Bertz CT molecular complexity index is 361. The van der Waals surface area contributed by atoms with E-state index < -0.39 is 6.10 Å². The van der Waals surface area contributed by atoms with Gasteiger partial charge in [0.1, 0.15) is 5.82 Å². The molecule has 18 heavy (non-hydrogen) atoms. The van der Waals surface area contributed by atoms with Gasteiger partial charge in [-0.15, -0.1) is 0 Å². The van der Waals surface area contributed by atoms with Gasteiger partial charge in [-0.25, -0.2) is 4.39 Å². The topological polar surface area (TPSA) is 29.5 Å². The van der Waals surface area contributed by atoms with Gasteiger partial charge in [0.2, 0.25) is 0 Å². The second-order valence-electron chi connectivity index (χ2n) is 5.05. The fourth-order valence-electron chi connectivity index (χ4n) is 2.45. The van der Waals surface area contributed by atoms with Crippen LogP contribution in [-0.4, -0.2) is 23.9 Å². The van der Waals surface area contributed by atoms with Gasteiger partial charge >= 0.3 is 0 Å². The van der Waals surface area contributed by atoms with Crippen molar-refractivity contribution in [1.29, 1.82) is 0 Å². The molecule has 1 aliphatic heterocycles. The molecule has 1 aromatic carbocycles. The predicted octanol–water partition coefficient (Wildman–Crippen LogP) is 3.08. The third kappa shape index (κ3) is 4.39. The molecule has 0 bridgehead atoms. The van der Waals surface area contributed by atoms with Crippen molar-refractivity contribution in [2.24, 2.45) is 0 Å². The third-order valence-electron chi connectivity index (χ3n) is 3.46. The molecule has 3 heteroatoms. The largest absolute Gasteiger partial charge is 0.393 e. The first-order chi connectivity index (χ1) is 8.74. The van der Waals surface area contributed by atoms with Crippen LogP contribution in [0.25, 0.3) is 0 Å². The molecule has 0 spiro atoms. The quantitative estimate of drug-likeness (QED) is 0.872. The summed E-state index contributed by atoms with van der Waals surface area (Å²) in [4.78, 5) is 0. The molecular formula is C15H21FO2. The summed E-state index contributed by atoms with van der Waals surface area (Å²) in [5.74, 6) is -0.240. The molecule has 1 aliphatic rings. The highest BCUT2D eigenvalue weighted by Gasteiger charge is 2.15. The maximum Gasteiger partial charge on any atom is 0.123 e. The molecule has 0 aromatic heterocycles. The second kappa shape index (κ2) is 6.86. The van der Waals surface area contributed by atoms with Gasteiger partial charge in [0.05, 0.1) is 12.2 Å². The summed E-state index contributed by atoms with van der Waals surface area (Å²) in [6.07, 6.45) is 5.53. The molecular weight excluding hydrogens is 231 g/mol. The Hall–Kier alpha value is -0.930. The van der Waals surface area contributed by atoms with Crippen LogP contribution in [-0.2, 0) is 11.2 Å². The van der Waals surface area contributed by atoms with E-state index in [1.807, 2.05) is 6.07 Å². The minimum atomic E-state index is -0.405. The number of hydrogen-bond donors (Lipinski definition) is 1. The smallest absolute Gasteiger partial charge is 0.123 e. The van der Waals surface area contributed by atoms with E-state index in [4.69, 9.17) is 4.74 Å². The van der Waals surface area contributed by atoms with Crippen molar-refractivity contribution in [3.05, 3.63) is 35.6 Å². The number of ether oxygens (including phenoxy) is 1. The summed E-state index contributed by atoms with van der Waals surface area (Å²) in [6.45, 7) is 0.852. The number of rotatable bonds is 5. The number of aliphatic hydroxyl groups excluding tert-OH is 1. The molecule has 2 rings (SSSR count). The Morgan fingerprint density at radius 2 is 2.28 bits per heavy atom. The average Bonchev–Trinajstić information content (AvgIpc) is 2.38. The van der Waals surface area contributed by atoms with Gasteiger partial charge in [-0.2, -0.15) is 0 Å². The Morgan fingerprint density at radius 1 is 1.39 bits per heavy atom. The predicted molar refractivity (Wildman–Crippen MR) is 68.9 cm³/mol. The monoisotopic (exact) mass is 252 g/mol. The number of halogens is 1. The van der Waals surface area contributed by atoms with Crippen LogP contribution >= 0.6 is 0 Å². The van der Waals surface area contributed by atoms with Crippen molar-refractivity contribution in [3.63, 3.8) is 0 Å². The van der Waals surface area contributed by atoms with Crippen LogP contribution in [0.2, 0.25) is 0 Å². The van der Waals surface area contributed by atoms with Crippen LogP contribution in [0.3, 0.4) is 0 Å². The van der Waals surface area contributed by atoms with Gasteiger partial charge in [0.25, 0.3) is 0 Å². The van der Waals surface area contributed by atoms with Crippen molar-refractivity contribution in [1.82, 2.24) is 0 Å². The highest BCUT2D eigenvalue weighted by Crippen LogP contribution is 2.19. The maximum atomic E-state index is 13.0. The summed E-state index contributed by atoms with van der Waals surface area (Å²) in [7, 11) is 0. The lowest BCUT2D eigenvalue weighted by atomic mass is 9.99. The summed E-state index contributed by atoms with van der Waals surface area (Å²) in [5, 5.41) is 9.95. The maximum absolute atomic E-state index is 13.0. The van der Waals surface area contributed by atoms with Crippen molar-refractivity contribution < 1.29 is 14.2 Å². The van der Waals surface area contributed by atoms with E-state index in [-0.39, 0.29) is 5.82 Å². The van der Waals surface area contributed by atoms with E-state index in [9.17, 15) is 9.50 Å². The van der Waals surface area contributed by atoms with Gasteiger partial charge < -0.3 is 9.84 Å². The van der Waals surface area contributed by atoms with Crippen molar-refractivity contribution >= 4 is 0 Å². The highest BCUT2D eigenvalue weighted by molar-refractivity contribution is 5.16. The molecule has 2 unspecified atom stereocenters. The first kappa shape index (κ1) is 13.5. The van der Waals surface area contributed by atoms with Crippen LogP contribution < -0.4 is 0 Å². The van der Waals surface area contributed by atoms with Crippen molar-refractivity contribution in [2.45, 2.75) is 50.7 Å². The zero-order chi connectivity index (χ0) is 12.8. The standard InChI is InChI=1S/C15H21FO2/c16-13-5-3-4-12(10-13)11-14(17)7-8-15-6-1-2-9-18-15/h3-5,10,14-15,17H,1-2,6-9,11H2. The van der Waals surface area contributed by atoms with Gasteiger partial charge in [0.15, 0.2) is 0 Å². The molecule has 2 nitrogen and oxygen atoms in total. The lowest BCUT2D eigenvalue weighted by Crippen LogP contribution is -2.21. The first-order valence-corrected chi connectivity index (χ1v) is 6.78. The van der Waals surface area contributed by atoms with Gasteiger partial charge in [0, 0.05) is 6.61 Å². The summed E-state index contributed by atoms with van der Waals surface area (Å²) < 4.78 is 18.6. The molecule has 1 fully saturated rings. The highest BCUT2D eigenvalue weighted by atomic mass is 19.1. The normalized spacial score (nSPS) is 21.8. The third-order valence-corrected chi connectivity index (χ3v) is 3.46. The van der Waals surface area contributed by atoms with Gasteiger partial charge in [-0.05, 0) is 56.2 Å². The van der Waals surface area contributed by atoms with Crippen LogP contribution in [0.4, 0.5) is 4.39 Å². The summed E-state index contributed by atoms with van der Waals surface area (Å²) in [5.41, 5.74) is 0.854. The van der Waals surface area contributed by atoms with Crippen molar-refractivity contribution in [3.8, 4) is 0 Å². The molecule has 2 atom stereocenters. The van der Waals surface area contributed by atoms with E-state index >= 15 is 0 Å². The van der Waals surface area contributed by atoms with Crippen LogP contribution in [0.15, 0.2) is 24.3 Å². The fourth-order valence-corrected chi connectivity index (χ4v) is 2.45. The lowest BCUT2D eigenvalue weighted by molar-refractivity contribution is 0.00234. The van der Waals surface area contributed by atoms with E-state index in [0.29, 0.717) is 12.5 Å². The Kier molecular flexibility index (Phi) is 5.14. The Morgan fingerprint density at radius 3 is 3.00 bits per heavy atom. The van der Waals surface area contributed by atoms with Gasteiger partial charge in [-0.1, -0.05) is 12.1 Å². The Labute approximate surface area is 108 Å². The molecule has 100 valence electrons. The van der Waals surface area contributed by atoms with E-state index in [1.165, 1.54) is 18.6 Å². The minimum absolute atomic E-state index is 0.240. The minimum Gasteiger partial charge on any atom is -0.393 e. The SMILES string of the molecule is OC(CCC1CCCCO1)Cc1cccc(F)c1. The average molecular weight is 252 g/mol. The molecule has 0 aliphatic carbocycles. The van der Waals surface area contributed by atoms with Crippen LogP contribution in [0, 0.1) is 5.82 Å². The zero-order valence-electron chi connectivity index (χ0n) is 10.6. The van der Waals surface area contributed by atoms with E-state index in [0.717, 1.165) is 37.9 Å². The van der Waals surface area contributed by atoms with Crippen LogP contribution in [0.5, 0.6) is 0 Å². The number of hydrogen-bond acceptors (Lipinski definition) is 2. The van der Waals surface area contributed by atoms with Crippen LogP contribution in [0.1, 0.15) is 37.7 Å². The summed E-state index contributed by atoms with van der Waals surface area (Å²) in [6, 6.07) is 6.44. The lowest BCUT2D eigenvalue weighted by Gasteiger charge is -2.23. The molecule has 1 N–H and O–H groups in total. The first-order valence-electron chi connectivity index (χ1n) is 6.78. The zero-order valence-corrected chi connectivity index (χ0v) is 10.6.